The Labute approximate surface area is 189 Å². The van der Waals surface area contributed by atoms with E-state index >= 15 is 0 Å². The van der Waals surface area contributed by atoms with Crippen molar-refractivity contribution in [2.75, 3.05) is 33.4 Å². The Hall–Kier alpha value is -2.77. The van der Waals surface area contributed by atoms with Crippen LogP contribution in [0.15, 0.2) is 54.9 Å². The summed E-state index contributed by atoms with van der Waals surface area (Å²) >= 11 is 0. The number of benzene rings is 1. The van der Waals surface area contributed by atoms with Gasteiger partial charge in [-0.05, 0) is 42.5 Å². The summed E-state index contributed by atoms with van der Waals surface area (Å²) in [5.41, 5.74) is 2.21. The van der Waals surface area contributed by atoms with Crippen LogP contribution in [0, 0.1) is 0 Å². The van der Waals surface area contributed by atoms with Crippen LogP contribution in [0.2, 0.25) is 0 Å². The number of piperidine rings is 1. The number of carbonyl (C=O) groups is 2. The first-order chi connectivity index (χ1) is 15.7. The van der Waals surface area contributed by atoms with Crippen molar-refractivity contribution in [3.63, 3.8) is 0 Å². The van der Waals surface area contributed by atoms with Crippen LogP contribution >= 0.6 is 0 Å². The third-order valence-electron chi connectivity index (χ3n) is 6.40. The summed E-state index contributed by atoms with van der Waals surface area (Å²) in [4.78, 5) is 33.7. The molecule has 2 aromatic rings. The Morgan fingerprint density at radius 2 is 1.78 bits per heavy atom. The number of hydrogen-bond acceptors (Lipinski definition) is 5. The van der Waals surface area contributed by atoms with Gasteiger partial charge in [-0.1, -0.05) is 30.3 Å². The van der Waals surface area contributed by atoms with Gasteiger partial charge in [0.25, 0.3) is 5.91 Å². The molecule has 2 amide bonds. The zero-order chi connectivity index (χ0) is 22.3. The normalized spacial score (nSPS) is 21.5. The number of rotatable bonds is 9. The molecule has 7 heteroatoms. The van der Waals surface area contributed by atoms with Gasteiger partial charge in [0.05, 0.1) is 19.3 Å². The highest BCUT2D eigenvalue weighted by Gasteiger charge is 2.52. The van der Waals surface area contributed by atoms with Crippen LogP contribution in [-0.4, -0.2) is 72.2 Å². The molecule has 0 aliphatic carbocycles. The Kier molecular flexibility index (Phi) is 7.50. The molecule has 1 aromatic heterocycles. The SMILES string of the molecule is COCCO[C@H]1C(=O)N(C2CCN(C(=O)CCc3ccccc3)CC2)[C@H]1c1ccncc1. The van der Waals surface area contributed by atoms with Crippen LogP contribution in [0.5, 0.6) is 0 Å². The Morgan fingerprint density at radius 1 is 1.06 bits per heavy atom. The van der Waals surface area contributed by atoms with Gasteiger partial charge < -0.3 is 19.3 Å². The number of methoxy groups -OCH3 is 1. The van der Waals surface area contributed by atoms with Crippen molar-refractivity contribution in [3.8, 4) is 0 Å². The molecule has 0 radical (unpaired) electrons. The van der Waals surface area contributed by atoms with Gasteiger partial charge in [-0.2, -0.15) is 0 Å². The molecular weight excluding hydrogens is 406 g/mol. The Bertz CT molecular complexity index is 885. The molecule has 7 nitrogen and oxygen atoms in total. The summed E-state index contributed by atoms with van der Waals surface area (Å²) in [5.74, 6) is 0.213. The first kappa shape index (κ1) is 22.4. The zero-order valence-corrected chi connectivity index (χ0v) is 18.6. The maximum Gasteiger partial charge on any atom is 0.255 e. The highest BCUT2D eigenvalue weighted by atomic mass is 16.5. The van der Waals surface area contributed by atoms with Gasteiger partial charge in [0.2, 0.25) is 5.91 Å². The lowest BCUT2D eigenvalue weighted by atomic mass is 9.86. The number of pyridine rings is 1. The minimum absolute atomic E-state index is 0.0248. The Morgan fingerprint density at radius 3 is 2.47 bits per heavy atom. The Balaban J connectivity index is 1.34. The third kappa shape index (κ3) is 5.00. The fourth-order valence-corrected chi connectivity index (χ4v) is 4.65. The average molecular weight is 438 g/mol. The molecule has 2 saturated heterocycles. The summed E-state index contributed by atoms with van der Waals surface area (Å²) in [6, 6.07) is 14.0. The lowest BCUT2D eigenvalue weighted by Crippen LogP contribution is -2.65. The van der Waals surface area contributed by atoms with Crippen molar-refractivity contribution in [2.24, 2.45) is 0 Å². The standard InChI is InChI=1S/C25H31N3O4/c1-31-17-18-32-24-23(20-9-13-26-14-10-20)28(25(24)30)21-11-15-27(16-12-21)22(29)8-7-19-5-3-2-4-6-19/h2-6,9-10,13-14,21,23-24H,7-8,11-12,15-18H2,1H3/t23-,24+/m0/s1. The molecule has 3 heterocycles. The van der Waals surface area contributed by atoms with Crippen LogP contribution in [0.25, 0.3) is 0 Å². The van der Waals surface area contributed by atoms with Crippen molar-refractivity contribution < 1.29 is 19.1 Å². The van der Waals surface area contributed by atoms with E-state index in [1.165, 1.54) is 5.56 Å². The lowest BCUT2D eigenvalue weighted by Gasteiger charge is -2.52. The van der Waals surface area contributed by atoms with Crippen LogP contribution < -0.4 is 0 Å². The molecule has 2 fully saturated rings. The van der Waals surface area contributed by atoms with Crippen molar-refractivity contribution in [3.05, 3.63) is 66.0 Å². The molecule has 0 spiro atoms. The molecule has 2 aliphatic rings. The smallest absolute Gasteiger partial charge is 0.255 e. The van der Waals surface area contributed by atoms with E-state index in [4.69, 9.17) is 9.47 Å². The number of nitrogens with zero attached hydrogens (tertiary/aromatic N) is 3. The van der Waals surface area contributed by atoms with Gasteiger partial charge >= 0.3 is 0 Å². The fourth-order valence-electron chi connectivity index (χ4n) is 4.65. The molecule has 1 aromatic carbocycles. The molecule has 4 rings (SSSR count). The number of ether oxygens (including phenoxy) is 2. The fraction of sp³-hybridized carbons (Fsp3) is 0.480. The second kappa shape index (κ2) is 10.7. The highest BCUT2D eigenvalue weighted by molar-refractivity contribution is 5.89. The van der Waals surface area contributed by atoms with Crippen LogP contribution in [-0.2, 0) is 25.5 Å². The van der Waals surface area contributed by atoms with Crippen molar-refractivity contribution in [1.29, 1.82) is 0 Å². The van der Waals surface area contributed by atoms with Crippen molar-refractivity contribution in [2.45, 2.75) is 43.9 Å². The minimum Gasteiger partial charge on any atom is -0.382 e. The van der Waals surface area contributed by atoms with Crippen molar-refractivity contribution in [1.82, 2.24) is 14.8 Å². The molecule has 0 N–H and O–H groups in total. The first-order valence-corrected chi connectivity index (χ1v) is 11.3. The largest absolute Gasteiger partial charge is 0.382 e. The van der Waals surface area contributed by atoms with E-state index in [0.717, 1.165) is 24.8 Å². The lowest BCUT2D eigenvalue weighted by molar-refractivity contribution is -0.184. The number of β-lactam (4-membered cyclic amide) rings is 1. The van der Waals surface area contributed by atoms with Crippen LogP contribution in [0.4, 0.5) is 0 Å². The van der Waals surface area contributed by atoms with Crippen molar-refractivity contribution >= 4 is 11.8 Å². The van der Waals surface area contributed by atoms with Gasteiger partial charge in [-0.3, -0.25) is 14.6 Å². The minimum atomic E-state index is -0.488. The van der Waals surface area contributed by atoms with E-state index in [0.29, 0.717) is 32.7 Å². The number of aryl methyl sites for hydroxylation is 1. The number of hydrogen-bond donors (Lipinski definition) is 0. The van der Waals surface area contributed by atoms with Gasteiger partial charge in [0.15, 0.2) is 6.10 Å². The van der Waals surface area contributed by atoms with Crippen LogP contribution in [0.3, 0.4) is 0 Å². The first-order valence-electron chi connectivity index (χ1n) is 11.3. The number of likely N-dealkylation sites (tertiary alicyclic amines) is 2. The second-order valence-corrected chi connectivity index (χ2v) is 8.35. The number of aromatic nitrogens is 1. The van der Waals surface area contributed by atoms with E-state index in [2.05, 4.69) is 17.1 Å². The third-order valence-corrected chi connectivity index (χ3v) is 6.40. The molecule has 32 heavy (non-hydrogen) atoms. The van der Waals surface area contributed by atoms with E-state index in [1.807, 2.05) is 40.1 Å². The average Bonchev–Trinajstić information content (AvgIpc) is 2.85. The highest BCUT2D eigenvalue weighted by Crippen LogP contribution is 2.40. The summed E-state index contributed by atoms with van der Waals surface area (Å²) in [7, 11) is 1.62. The van der Waals surface area contributed by atoms with Gasteiger partial charge in [0, 0.05) is 45.1 Å². The monoisotopic (exact) mass is 437 g/mol. The maximum absolute atomic E-state index is 13.0. The predicted octanol–water partition coefficient (Wildman–Crippen LogP) is 2.62. The molecule has 0 unspecified atom stereocenters. The van der Waals surface area contributed by atoms with Gasteiger partial charge in [-0.25, -0.2) is 0 Å². The van der Waals surface area contributed by atoms with Crippen LogP contribution in [0.1, 0.15) is 36.4 Å². The maximum atomic E-state index is 13.0. The molecule has 2 aliphatic heterocycles. The molecule has 0 saturated carbocycles. The number of carbonyl (C=O) groups excluding carboxylic acids is 2. The molecule has 2 atom stereocenters. The quantitative estimate of drug-likeness (QED) is 0.446. The zero-order valence-electron chi connectivity index (χ0n) is 18.6. The summed E-state index contributed by atoms with van der Waals surface area (Å²) < 4.78 is 10.9. The summed E-state index contributed by atoms with van der Waals surface area (Å²) in [6.07, 6.45) is 5.86. The predicted molar refractivity (Wildman–Crippen MR) is 120 cm³/mol. The van der Waals surface area contributed by atoms with E-state index < -0.39 is 6.10 Å². The van der Waals surface area contributed by atoms with Gasteiger partial charge in [0.1, 0.15) is 0 Å². The van der Waals surface area contributed by atoms with Gasteiger partial charge in [-0.15, -0.1) is 0 Å². The van der Waals surface area contributed by atoms with E-state index in [1.54, 1.807) is 19.5 Å². The number of amides is 2. The summed E-state index contributed by atoms with van der Waals surface area (Å²) in [6.45, 7) is 2.20. The molecular formula is C25H31N3O4. The van der Waals surface area contributed by atoms with E-state index in [9.17, 15) is 9.59 Å². The molecule has 0 bridgehead atoms. The van der Waals surface area contributed by atoms with E-state index in [-0.39, 0.29) is 23.9 Å². The topological polar surface area (TPSA) is 72.0 Å². The second-order valence-electron chi connectivity index (χ2n) is 8.35. The summed E-state index contributed by atoms with van der Waals surface area (Å²) in [5, 5.41) is 0. The molecule has 170 valence electrons.